The molecular weight excluding hydrogens is 316 g/mol. The van der Waals surface area contributed by atoms with Crippen LogP contribution in [0.3, 0.4) is 0 Å². The first-order chi connectivity index (χ1) is 12.2. The normalized spacial score (nSPS) is 11.7. The number of carbonyl (C=O) groups is 1. The highest BCUT2D eigenvalue weighted by atomic mass is 16.5. The van der Waals surface area contributed by atoms with E-state index in [1.807, 2.05) is 60.7 Å². The van der Waals surface area contributed by atoms with Crippen LogP contribution in [0.2, 0.25) is 0 Å². The number of nitrogens with one attached hydrogen (secondary N) is 2. The molecule has 0 radical (unpaired) electrons. The summed E-state index contributed by atoms with van der Waals surface area (Å²) in [5.41, 5.74) is 1.16. The van der Waals surface area contributed by atoms with E-state index in [4.69, 9.17) is 4.74 Å². The molecule has 0 saturated heterocycles. The molecule has 0 fully saturated rings. The Bertz CT molecular complexity index is 605. The van der Waals surface area contributed by atoms with Gasteiger partial charge in [0.1, 0.15) is 18.5 Å². The molecule has 2 rings (SSSR count). The average Bonchev–Trinajstić information content (AvgIpc) is 2.66. The predicted octanol–water partition coefficient (Wildman–Crippen LogP) is 1.76. The summed E-state index contributed by atoms with van der Waals surface area (Å²) in [6.07, 6.45) is 0.640. The van der Waals surface area contributed by atoms with Gasteiger partial charge in [-0.2, -0.15) is 0 Å². The maximum absolute atomic E-state index is 11.8. The molecule has 5 nitrogen and oxygen atoms in total. The van der Waals surface area contributed by atoms with Crippen LogP contribution in [0.15, 0.2) is 60.7 Å². The summed E-state index contributed by atoms with van der Waals surface area (Å²) in [4.78, 5) is 11.8. The highest BCUT2D eigenvalue weighted by Gasteiger charge is 2.05. The Labute approximate surface area is 149 Å². The molecule has 0 heterocycles. The monoisotopic (exact) mass is 342 g/mol. The van der Waals surface area contributed by atoms with Crippen LogP contribution >= 0.6 is 0 Å². The summed E-state index contributed by atoms with van der Waals surface area (Å²) in [5, 5.41) is 15.8. The Kier molecular flexibility index (Phi) is 8.52. The van der Waals surface area contributed by atoms with Crippen LogP contribution in [0.25, 0.3) is 0 Å². The summed E-state index contributed by atoms with van der Waals surface area (Å²) < 4.78 is 5.48. The van der Waals surface area contributed by atoms with E-state index < -0.39 is 6.10 Å². The smallest absolute Gasteiger partial charge is 0.220 e. The number of hydrogen-bond donors (Lipinski definition) is 3. The van der Waals surface area contributed by atoms with E-state index in [1.54, 1.807) is 0 Å². The lowest BCUT2D eigenvalue weighted by molar-refractivity contribution is -0.121. The number of ether oxygens (including phenoxy) is 1. The molecule has 3 N–H and O–H groups in total. The van der Waals surface area contributed by atoms with Crippen molar-refractivity contribution in [1.29, 1.82) is 0 Å². The van der Waals surface area contributed by atoms with Gasteiger partial charge in [0.2, 0.25) is 5.91 Å². The summed E-state index contributed by atoms with van der Waals surface area (Å²) in [6.45, 7) is 1.81. The topological polar surface area (TPSA) is 70.6 Å². The van der Waals surface area contributed by atoms with E-state index in [-0.39, 0.29) is 12.5 Å². The number of hydrogen-bond acceptors (Lipinski definition) is 4. The molecule has 0 aromatic heterocycles. The molecular formula is C20H26N2O3. The van der Waals surface area contributed by atoms with Crippen molar-refractivity contribution in [2.75, 3.05) is 26.2 Å². The Morgan fingerprint density at radius 2 is 1.68 bits per heavy atom. The summed E-state index contributed by atoms with van der Waals surface area (Å²) in [7, 11) is 0. The molecule has 0 aliphatic heterocycles. The second-order valence-corrected chi connectivity index (χ2v) is 5.82. The zero-order valence-corrected chi connectivity index (χ0v) is 14.4. The zero-order valence-electron chi connectivity index (χ0n) is 14.4. The number of aliphatic hydroxyl groups excluding tert-OH is 1. The third-order valence-electron chi connectivity index (χ3n) is 3.67. The van der Waals surface area contributed by atoms with E-state index in [0.717, 1.165) is 17.7 Å². The SMILES string of the molecule is O=C(CCc1ccccc1)NCCNC[C@@H](O)COc1ccccc1. The molecule has 134 valence electrons. The van der Waals surface area contributed by atoms with Crippen LogP contribution in [0.1, 0.15) is 12.0 Å². The van der Waals surface area contributed by atoms with Gasteiger partial charge in [-0.1, -0.05) is 48.5 Å². The Morgan fingerprint density at radius 3 is 2.40 bits per heavy atom. The van der Waals surface area contributed by atoms with Gasteiger partial charge in [0, 0.05) is 26.1 Å². The molecule has 25 heavy (non-hydrogen) atoms. The Hall–Kier alpha value is -2.37. The van der Waals surface area contributed by atoms with Crippen molar-refractivity contribution in [3.63, 3.8) is 0 Å². The maximum Gasteiger partial charge on any atom is 0.220 e. The van der Waals surface area contributed by atoms with Crippen molar-refractivity contribution >= 4 is 5.91 Å². The molecule has 2 aromatic rings. The highest BCUT2D eigenvalue weighted by Crippen LogP contribution is 2.08. The minimum Gasteiger partial charge on any atom is -0.491 e. The zero-order chi connectivity index (χ0) is 17.7. The molecule has 0 saturated carbocycles. The molecule has 1 atom stereocenters. The molecule has 0 aliphatic carbocycles. The minimum absolute atomic E-state index is 0.0404. The van der Waals surface area contributed by atoms with Crippen LogP contribution in [0, 0.1) is 0 Å². The van der Waals surface area contributed by atoms with Crippen molar-refractivity contribution in [1.82, 2.24) is 10.6 Å². The molecule has 0 aliphatic rings. The van der Waals surface area contributed by atoms with Gasteiger partial charge in [-0.05, 0) is 24.1 Å². The van der Waals surface area contributed by atoms with Gasteiger partial charge in [-0.3, -0.25) is 4.79 Å². The largest absolute Gasteiger partial charge is 0.491 e. The predicted molar refractivity (Wildman–Crippen MR) is 98.6 cm³/mol. The van der Waals surface area contributed by atoms with Crippen molar-refractivity contribution in [3.8, 4) is 5.75 Å². The van der Waals surface area contributed by atoms with Gasteiger partial charge < -0.3 is 20.5 Å². The molecule has 0 bridgehead atoms. The van der Waals surface area contributed by atoms with Crippen LogP contribution < -0.4 is 15.4 Å². The first kappa shape index (κ1) is 19.0. The number of benzene rings is 2. The van der Waals surface area contributed by atoms with Gasteiger partial charge in [0.25, 0.3) is 0 Å². The molecule has 0 spiro atoms. The number of para-hydroxylation sites is 1. The first-order valence-electron chi connectivity index (χ1n) is 8.61. The minimum atomic E-state index is -0.589. The van der Waals surface area contributed by atoms with Crippen molar-refractivity contribution < 1.29 is 14.6 Å². The third kappa shape index (κ3) is 8.33. The lowest BCUT2D eigenvalue weighted by atomic mass is 10.1. The Morgan fingerprint density at radius 1 is 1.00 bits per heavy atom. The van der Waals surface area contributed by atoms with E-state index in [2.05, 4.69) is 10.6 Å². The fourth-order valence-corrected chi connectivity index (χ4v) is 2.32. The van der Waals surface area contributed by atoms with Gasteiger partial charge >= 0.3 is 0 Å². The molecule has 2 aromatic carbocycles. The van der Waals surface area contributed by atoms with Gasteiger partial charge in [0.05, 0.1) is 0 Å². The van der Waals surface area contributed by atoms with Crippen LogP contribution in [0.5, 0.6) is 5.75 Å². The first-order valence-corrected chi connectivity index (χ1v) is 8.61. The molecule has 5 heteroatoms. The molecule has 0 unspecified atom stereocenters. The number of aryl methyl sites for hydroxylation is 1. The number of rotatable bonds is 11. The summed E-state index contributed by atoms with van der Waals surface area (Å²) >= 11 is 0. The van der Waals surface area contributed by atoms with Gasteiger partial charge in [-0.15, -0.1) is 0 Å². The van der Waals surface area contributed by atoms with E-state index >= 15 is 0 Å². The van der Waals surface area contributed by atoms with Crippen LogP contribution in [0.4, 0.5) is 0 Å². The fourth-order valence-electron chi connectivity index (χ4n) is 2.32. The second kappa shape index (κ2) is 11.2. The molecule has 1 amide bonds. The fraction of sp³-hybridized carbons (Fsp3) is 0.350. The van der Waals surface area contributed by atoms with E-state index in [1.165, 1.54) is 0 Å². The lowest BCUT2D eigenvalue weighted by Crippen LogP contribution is -2.37. The lowest BCUT2D eigenvalue weighted by Gasteiger charge is -2.13. The highest BCUT2D eigenvalue weighted by molar-refractivity contribution is 5.76. The summed E-state index contributed by atoms with van der Waals surface area (Å²) in [6, 6.07) is 19.4. The van der Waals surface area contributed by atoms with Gasteiger partial charge in [0.15, 0.2) is 0 Å². The van der Waals surface area contributed by atoms with E-state index in [0.29, 0.717) is 26.1 Å². The van der Waals surface area contributed by atoms with Crippen LogP contribution in [-0.4, -0.2) is 43.4 Å². The number of aliphatic hydroxyl groups is 1. The van der Waals surface area contributed by atoms with Crippen molar-refractivity contribution in [3.05, 3.63) is 66.2 Å². The van der Waals surface area contributed by atoms with Gasteiger partial charge in [-0.25, -0.2) is 0 Å². The third-order valence-corrected chi connectivity index (χ3v) is 3.67. The average molecular weight is 342 g/mol. The maximum atomic E-state index is 11.8. The summed E-state index contributed by atoms with van der Waals surface area (Å²) in [5.74, 6) is 0.783. The number of amides is 1. The number of carbonyl (C=O) groups excluding carboxylic acids is 1. The van der Waals surface area contributed by atoms with E-state index in [9.17, 15) is 9.90 Å². The van der Waals surface area contributed by atoms with Crippen molar-refractivity contribution in [2.24, 2.45) is 0 Å². The van der Waals surface area contributed by atoms with Crippen LogP contribution in [-0.2, 0) is 11.2 Å². The second-order valence-electron chi connectivity index (χ2n) is 5.82. The standard InChI is InChI=1S/C20H26N2O3/c23-18(16-25-19-9-5-2-6-10-19)15-21-13-14-22-20(24)12-11-17-7-3-1-4-8-17/h1-10,18,21,23H,11-16H2,(H,22,24)/t18-/m1/s1. The quantitative estimate of drug-likeness (QED) is 0.544. The Balaban J connectivity index is 1.47. The van der Waals surface area contributed by atoms with Crippen molar-refractivity contribution in [2.45, 2.75) is 18.9 Å².